The van der Waals surface area contributed by atoms with Crippen molar-refractivity contribution in [1.82, 2.24) is 39.5 Å². The van der Waals surface area contributed by atoms with Gasteiger partial charge >= 0.3 is 0 Å². The first kappa shape index (κ1) is 52.0. The molecule has 6 aromatic carbocycles. The number of nitrogens with one attached hydrogen (secondary N) is 2. The van der Waals surface area contributed by atoms with Crippen molar-refractivity contribution in [2.24, 2.45) is 0 Å². The summed E-state index contributed by atoms with van der Waals surface area (Å²) in [5.41, 5.74) is 7.54. The third kappa shape index (κ3) is 10.1. The van der Waals surface area contributed by atoms with Crippen LogP contribution in [0.1, 0.15) is 127 Å². The number of imidazole rings is 2. The van der Waals surface area contributed by atoms with Crippen LogP contribution in [0.3, 0.4) is 0 Å². The fourth-order valence-corrected chi connectivity index (χ4v) is 11.7. The van der Waals surface area contributed by atoms with Crippen LogP contribution < -0.4 is 0 Å². The number of carbonyl (C=O) groups excluding carboxylic acids is 2. The summed E-state index contributed by atoms with van der Waals surface area (Å²) in [6.45, 7) is 8.08. The highest BCUT2D eigenvalue weighted by Gasteiger charge is 2.41. The third-order valence-electron chi connectivity index (χ3n) is 16.1. The molecule has 8 aromatic rings. The van der Waals surface area contributed by atoms with Crippen molar-refractivity contribution in [1.29, 1.82) is 0 Å². The molecule has 0 unspecified atom stereocenters. The molecule has 0 aliphatic carbocycles. The zero-order valence-electron chi connectivity index (χ0n) is 43.8. The van der Waals surface area contributed by atoms with E-state index in [1.165, 1.54) is 45.2 Å². The van der Waals surface area contributed by atoms with E-state index in [9.17, 15) is 28.6 Å². The Balaban J connectivity index is 0.000000165. The van der Waals surface area contributed by atoms with Crippen molar-refractivity contribution >= 4 is 11.8 Å². The van der Waals surface area contributed by atoms with Crippen molar-refractivity contribution in [2.75, 3.05) is 40.3 Å². The number of amides is 2. The Bertz CT molecular complexity index is 3310. The highest BCUT2D eigenvalue weighted by atomic mass is 19.1. The average Bonchev–Trinajstić information content (AvgIpc) is 4.37. The Hall–Kier alpha value is -8.08. The maximum absolute atomic E-state index is 16.0. The summed E-state index contributed by atoms with van der Waals surface area (Å²) in [4.78, 5) is 49.9. The predicted octanol–water partition coefficient (Wildman–Crippen LogP) is 11.8. The van der Waals surface area contributed by atoms with Crippen LogP contribution >= 0.6 is 0 Å². The third-order valence-corrected chi connectivity index (χ3v) is 16.1. The molecule has 0 spiro atoms. The van der Waals surface area contributed by atoms with Gasteiger partial charge in [0.05, 0.1) is 11.1 Å². The van der Waals surface area contributed by atoms with E-state index in [-0.39, 0.29) is 46.8 Å². The quantitative estimate of drug-likeness (QED) is 0.0991. The van der Waals surface area contributed by atoms with Gasteiger partial charge in [0.25, 0.3) is 11.8 Å². The molecule has 400 valence electrons. The number of likely N-dealkylation sites (tertiary alicyclic amines) is 2. The monoisotopic (exact) mass is 1060 g/mol. The van der Waals surface area contributed by atoms with Gasteiger partial charge in [-0.2, -0.15) is 0 Å². The van der Waals surface area contributed by atoms with Gasteiger partial charge in [-0.1, -0.05) is 72.8 Å². The molecule has 16 heteroatoms. The van der Waals surface area contributed by atoms with Crippen LogP contribution in [0.4, 0.5) is 17.6 Å². The number of phenolic OH excluding ortho intramolecular Hbond substituents is 2. The first-order chi connectivity index (χ1) is 37.6. The molecule has 6 heterocycles. The number of fused-ring (bicyclic) bond motifs is 2. The summed E-state index contributed by atoms with van der Waals surface area (Å²) >= 11 is 0. The maximum Gasteiger partial charge on any atom is 0.258 e. The lowest BCUT2D eigenvalue weighted by Gasteiger charge is -2.29. The number of carbonyl (C=O) groups is 2. The molecule has 12 nitrogen and oxygen atoms in total. The molecule has 4 aliphatic heterocycles. The summed E-state index contributed by atoms with van der Waals surface area (Å²) in [5, 5.41) is 21.2. The van der Waals surface area contributed by atoms with E-state index < -0.39 is 47.2 Å². The highest BCUT2D eigenvalue weighted by molar-refractivity contribution is 6.01. The largest absolute Gasteiger partial charge is 0.508 e. The molecule has 2 amide bonds. The van der Waals surface area contributed by atoms with Gasteiger partial charge in [0.2, 0.25) is 0 Å². The second-order valence-corrected chi connectivity index (χ2v) is 21.3. The SMILES string of the molecule is Cc1cnc([C@@H](c2cc(F)ccc2O)N2Cc3ccc(-c4ccc(C5CCN(C)CC5)cc4)c(F)c3C2=O)[nH]1.Cc1cnc([C@H](c2cc(F)ccc2O)N2Cc3ccc(-c4ccc(C5CCN(C)CC5)cc4)c(F)c3C2=O)[nH]1. The topological polar surface area (TPSA) is 145 Å². The molecule has 2 fully saturated rings. The molecular weight excluding hydrogens is 997 g/mol. The van der Waals surface area contributed by atoms with Crippen molar-refractivity contribution in [3.63, 3.8) is 0 Å². The van der Waals surface area contributed by atoms with Crippen LogP contribution in [0.25, 0.3) is 22.3 Å². The lowest BCUT2D eigenvalue weighted by Crippen LogP contribution is -2.31. The van der Waals surface area contributed by atoms with E-state index >= 15 is 8.78 Å². The van der Waals surface area contributed by atoms with E-state index in [0.717, 1.165) is 75.4 Å². The molecule has 0 radical (unpaired) electrons. The number of phenols is 2. The maximum atomic E-state index is 16.0. The van der Waals surface area contributed by atoms with Gasteiger partial charge < -0.3 is 39.8 Å². The number of piperidine rings is 2. The number of benzene rings is 6. The molecule has 78 heavy (non-hydrogen) atoms. The van der Waals surface area contributed by atoms with Gasteiger partial charge in [-0.3, -0.25) is 9.59 Å². The average molecular weight is 1060 g/mol. The van der Waals surface area contributed by atoms with Gasteiger partial charge in [-0.25, -0.2) is 27.5 Å². The van der Waals surface area contributed by atoms with E-state index in [1.807, 2.05) is 38.1 Å². The van der Waals surface area contributed by atoms with E-state index in [1.54, 1.807) is 36.7 Å². The highest BCUT2D eigenvalue weighted by Crippen LogP contribution is 2.44. The van der Waals surface area contributed by atoms with Gasteiger partial charge in [-0.05, 0) is 161 Å². The second kappa shape index (κ2) is 21.4. The number of hydrogen-bond acceptors (Lipinski definition) is 8. The van der Waals surface area contributed by atoms with E-state index in [2.05, 4.69) is 68.1 Å². The predicted molar refractivity (Wildman–Crippen MR) is 289 cm³/mol. The van der Waals surface area contributed by atoms with Gasteiger partial charge in [-0.15, -0.1) is 0 Å². The standard InChI is InChI=1S/2C31H30F2N4O2/c2*1-18-16-34-30(35-18)29(25-15-23(32)8-10-26(25)38)37-17-22-7-9-24(28(33)27(22)31(37)39)21-5-3-19(4-6-21)20-11-13-36(2)14-12-20/h2*3-10,15-16,20,29,38H,11-14,17H2,1-2H3,(H,34,35)/t2*29-/m10/s1. The molecular formula is C62H60F4N8O4. The van der Waals surface area contributed by atoms with Crippen LogP contribution in [0.15, 0.2) is 122 Å². The number of rotatable bonds is 10. The molecule has 4 N–H and O–H groups in total. The van der Waals surface area contributed by atoms with E-state index in [0.29, 0.717) is 56.9 Å². The van der Waals surface area contributed by atoms with Crippen molar-refractivity contribution in [2.45, 2.75) is 76.5 Å². The summed E-state index contributed by atoms with van der Waals surface area (Å²) in [5.74, 6) is -1.97. The zero-order chi connectivity index (χ0) is 54.5. The Morgan fingerprint density at radius 3 is 1.24 bits per heavy atom. The summed E-state index contributed by atoms with van der Waals surface area (Å²) in [6.07, 6.45) is 7.60. The van der Waals surface area contributed by atoms with Gasteiger partial charge in [0.1, 0.15) is 58.5 Å². The summed E-state index contributed by atoms with van der Waals surface area (Å²) in [6, 6.07) is 28.2. The number of H-pyrrole nitrogens is 2. The minimum atomic E-state index is -0.925. The van der Waals surface area contributed by atoms with Gasteiger partial charge in [0, 0.05) is 59.1 Å². The van der Waals surface area contributed by atoms with Crippen molar-refractivity contribution in [3.8, 4) is 33.8 Å². The Morgan fingerprint density at radius 1 is 0.526 bits per heavy atom. The minimum absolute atomic E-state index is 0.00364. The molecule has 2 aromatic heterocycles. The molecule has 2 atom stereocenters. The normalized spacial score (nSPS) is 17.0. The second-order valence-electron chi connectivity index (χ2n) is 21.3. The Kier molecular flexibility index (Phi) is 14.3. The lowest BCUT2D eigenvalue weighted by atomic mass is 9.88. The van der Waals surface area contributed by atoms with Crippen molar-refractivity contribution in [3.05, 3.63) is 212 Å². The van der Waals surface area contributed by atoms with Crippen LogP contribution in [-0.4, -0.2) is 102 Å². The molecule has 0 bridgehead atoms. The Labute approximate surface area is 450 Å². The number of hydrogen-bond donors (Lipinski definition) is 4. The number of aromatic nitrogens is 4. The fourth-order valence-electron chi connectivity index (χ4n) is 11.7. The number of halogens is 4. The van der Waals surface area contributed by atoms with Crippen LogP contribution in [0.5, 0.6) is 11.5 Å². The molecule has 2 saturated heterocycles. The van der Waals surface area contributed by atoms with Crippen LogP contribution in [-0.2, 0) is 13.1 Å². The molecule has 0 saturated carbocycles. The first-order valence-electron chi connectivity index (χ1n) is 26.4. The number of aryl methyl sites for hydroxylation is 2. The fraction of sp³-hybridized carbons (Fsp3) is 0.290. The molecule has 12 rings (SSSR count). The summed E-state index contributed by atoms with van der Waals surface area (Å²) in [7, 11) is 4.27. The van der Waals surface area contributed by atoms with E-state index in [4.69, 9.17) is 0 Å². The minimum Gasteiger partial charge on any atom is -0.508 e. The lowest BCUT2D eigenvalue weighted by molar-refractivity contribution is 0.0712. The number of nitrogens with zero attached hydrogens (tertiary/aromatic N) is 6. The first-order valence-corrected chi connectivity index (χ1v) is 26.4. The number of aromatic hydroxyl groups is 2. The Morgan fingerprint density at radius 2 is 0.897 bits per heavy atom. The zero-order valence-corrected chi connectivity index (χ0v) is 43.8. The molecule has 4 aliphatic rings. The van der Waals surface area contributed by atoms with Crippen molar-refractivity contribution < 1.29 is 37.4 Å². The summed E-state index contributed by atoms with van der Waals surface area (Å²) < 4.78 is 60.5. The van der Waals surface area contributed by atoms with Crippen LogP contribution in [0.2, 0.25) is 0 Å². The smallest absolute Gasteiger partial charge is 0.258 e. The number of aromatic amines is 2. The van der Waals surface area contributed by atoms with Crippen LogP contribution in [0, 0.1) is 37.1 Å². The van der Waals surface area contributed by atoms with Gasteiger partial charge in [0.15, 0.2) is 0 Å².